The number of benzene rings is 1. The maximum atomic E-state index is 11.6. The standard InChI is InChI=1S/C15H18O4/c1-11-13(8-9-18-14(11)15(16)17-2)19-10-12-6-4-3-5-7-12/h3-9,11,13-14H,10H2,1-2H3/t11-,13?,14?/m0/s1. The van der Waals surface area contributed by atoms with Crippen molar-refractivity contribution in [2.75, 3.05) is 7.11 Å². The third-order valence-electron chi connectivity index (χ3n) is 3.21. The van der Waals surface area contributed by atoms with Crippen LogP contribution in [0.5, 0.6) is 0 Å². The van der Waals surface area contributed by atoms with Crippen molar-refractivity contribution < 1.29 is 19.0 Å². The number of esters is 1. The molecule has 0 radical (unpaired) electrons. The minimum absolute atomic E-state index is 0.0823. The molecule has 1 heterocycles. The summed E-state index contributed by atoms with van der Waals surface area (Å²) in [6.07, 6.45) is 2.58. The zero-order valence-corrected chi connectivity index (χ0v) is 11.1. The van der Waals surface area contributed by atoms with Gasteiger partial charge in [-0.15, -0.1) is 0 Å². The Hall–Kier alpha value is -1.81. The average Bonchev–Trinajstić information content (AvgIpc) is 2.46. The Morgan fingerprint density at radius 2 is 2.05 bits per heavy atom. The fourth-order valence-corrected chi connectivity index (χ4v) is 2.04. The zero-order valence-electron chi connectivity index (χ0n) is 11.1. The second kappa shape index (κ2) is 6.38. The van der Waals surface area contributed by atoms with Gasteiger partial charge in [0.1, 0.15) is 0 Å². The summed E-state index contributed by atoms with van der Waals surface area (Å²) in [6, 6.07) is 9.92. The highest BCUT2D eigenvalue weighted by Crippen LogP contribution is 2.23. The lowest BCUT2D eigenvalue weighted by atomic mass is 9.96. The van der Waals surface area contributed by atoms with Gasteiger partial charge in [-0.2, -0.15) is 0 Å². The highest BCUT2D eigenvalue weighted by atomic mass is 16.6. The molecule has 2 rings (SSSR count). The molecule has 19 heavy (non-hydrogen) atoms. The Morgan fingerprint density at radius 1 is 1.32 bits per heavy atom. The molecule has 2 unspecified atom stereocenters. The van der Waals surface area contributed by atoms with Gasteiger partial charge in [-0.1, -0.05) is 37.3 Å². The lowest BCUT2D eigenvalue weighted by Gasteiger charge is -2.30. The van der Waals surface area contributed by atoms with Crippen LogP contribution in [0.1, 0.15) is 12.5 Å². The van der Waals surface area contributed by atoms with Gasteiger partial charge in [0.15, 0.2) is 6.10 Å². The highest BCUT2D eigenvalue weighted by Gasteiger charge is 2.35. The number of carbonyl (C=O) groups excluding carboxylic acids is 1. The summed E-state index contributed by atoms with van der Waals surface area (Å²) in [5.74, 6) is -0.452. The Labute approximate surface area is 113 Å². The molecule has 0 saturated heterocycles. The molecule has 1 aromatic rings. The smallest absolute Gasteiger partial charge is 0.347 e. The summed E-state index contributed by atoms with van der Waals surface area (Å²) in [4.78, 5) is 11.6. The lowest BCUT2D eigenvalue weighted by molar-refractivity contribution is -0.158. The Kier molecular flexibility index (Phi) is 4.58. The summed E-state index contributed by atoms with van der Waals surface area (Å²) in [5.41, 5.74) is 1.10. The molecule has 0 saturated carbocycles. The number of hydrogen-bond acceptors (Lipinski definition) is 4. The fourth-order valence-electron chi connectivity index (χ4n) is 2.04. The first-order chi connectivity index (χ1) is 9.22. The number of methoxy groups -OCH3 is 1. The number of hydrogen-bond donors (Lipinski definition) is 0. The molecule has 4 nitrogen and oxygen atoms in total. The lowest BCUT2D eigenvalue weighted by Crippen LogP contribution is -2.40. The van der Waals surface area contributed by atoms with Gasteiger partial charge < -0.3 is 14.2 Å². The first-order valence-corrected chi connectivity index (χ1v) is 6.28. The predicted octanol–water partition coefficient (Wildman–Crippen LogP) is 2.29. The van der Waals surface area contributed by atoms with Gasteiger partial charge in [-0.3, -0.25) is 0 Å². The maximum absolute atomic E-state index is 11.6. The summed E-state index contributed by atoms with van der Waals surface area (Å²) in [6.45, 7) is 2.43. The van der Waals surface area contributed by atoms with Crippen molar-refractivity contribution in [2.24, 2.45) is 5.92 Å². The fraction of sp³-hybridized carbons (Fsp3) is 0.400. The average molecular weight is 262 g/mol. The van der Waals surface area contributed by atoms with E-state index in [1.165, 1.54) is 13.4 Å². The minimum atomic E-state index is -0.601. The molecule has 0 amide bonds. The van der Waals surface area contributed by atoms with Crippen molar-refractivity contribution in [2.45, 2.75) is 25.7 Å². The van der Waals surface area contributed by atoms with E-state index in [2.05, 4.69) is 0 Å². The van der Waals surface area contributed by atoms with E-state index in [-0.39, 0.29) is 18.0 Å². The van der Waals surface area contributed by atoms with E-state index in [1.54, 1.807) is 0 Å². The normalized spacial score (nSPS) is 25.7. The third-order valence-corrected chi connectivity index (χ3v) is 3.21. The number of rotatable bonds is 4. The van der Waals surface area contributed by atoms with E-state index in [4.69, 9.17) is 14.2 Å². The Balaban J connectivity index is 1.95. The zero-order chi connectivity index (χ0) is 13.7. The molecule has 1 aliphatic rings. The van der Waals surface area contributed by atoms with Crippen LogP contribution in [0, 0.1) is 5.92 Å². The predicted molar refractivity (Wildman–Crippen MR) is 70.2 cm³/mol. The van der Waals surface area contributed by atoms with Crippen LogP contribution in [0.3, 0.4) is 0 Å². The molecule has 0 N–H and O–H groups in total. The first-order valence-electron chi connectivity index (χ1n) is 6.28. The van der Waals surface area contributed by atoms with Crippen LogP contribution < -0.4 is 0 Å². The van der Waals surface area contributed by atoms with Crippen LogP contribution in [-0.4, -0.2) is 25.3 Å². The van der Waals surface area contributed by atoms with E-state index < -0.39 is 6.10 Å². The van der Waals surface area contributed by atoms with E-state index in [9.17, 15) is 4.79 Å². The summed E-state index contributed by atoms with van der Waals surface area (Å²) < 4.78 is 15.8. The highest BCUT2D eigenvalue weighted by molar-refractivity contribution is 5.75. The SMILES string of the molecule is COC(=O)C1OC=CC(OCc2ccccc2)[C@@H]1C. The quantitative estimate of drug-likeness (QED) is 0.781. The molecule has 0 fully saturated rings. The van der Waals surface area contributed by atoms with Crippen LogP contribution in [-0.2, 0) is 25.6 Å². The molecule has 0 aliphatic carbocycles. The second-order valence-corrected chi connectivity index (χ2v) is 4.53. The Bertz CT molecular complexity index is 441. The van der Waals surface area contributed by atoms with Crippen LogP contribution in [0.15, 0.2) is 42.7 Å². The molecule has 4 heteroatoms. The van der Waals surface area contributed by atoms with Gasteiger partial charge in [-0.25, -0.2) is 4.79 Å². The Morgan fingerprint density at radius 3 is 2.74 bits per heavy atom. The van der Waals surface area contributed by atoms with Crippen LogP contribution in [0.25, 0.3) is 0 Å². The molecule has 1 aromatic carbocycles. The molecule has 3 atom stereocenters. The van der Waals surface area contributed by atoms with Crippen molar-refractivity contribution in [1.29, 1.82) is 0 Å². The maximum Gasteiger partial charge on any atom is 0.347 e. The molecule has 0 spiro atoms. The van der Waals surface area contributed by atoms with Gasteiger partial charge >= 0.3 is 5.97 Å². The van der Waals surface area contributed by atoms with E-state index in [0.29, 0.717) is 6.61 Å². The molecule has 0 bridgehead atoms. The number of ether oxygens (including phenoxy) is 3. The van der Waals surface area contributed by atoms with Crippen LogP contribution >= 0.6 is 0 Å². The third kappa shape index (κ3) is 3.35. The molecular weight excluding hydrogens is 244 g/mol. The molecule has 0 aromatic heterocycles. The minimum Gasteiger partial charge on any atom is -0.486 e. The second-order valence-electron chi connectivity index (χ2n) is 4.53. The topological polar surface area (TPSA) is 44.8 Å². The summed E-state index contributed by atoms with van der Waals surface area (Å²) in [5, 5.41) is 0. The van der Waals surface area contributed by atoms with Crippen LogP contribution in [0.2, 0.25) is 0 Å². The van der Waals surface area contributed by atoms with Gasteiger partial charge in [0, 0.05) is 5.92 Å². The van der Waals surface area contributed by atoms with Gasteiger partial charge in [0.25, 0.3) is 0 Å². The largest absolute Gasteiger partial charge is 0.486 e. The summed E-state index contributed by atoms with van der Waals surface area (Å²) in [7, 11) is 1.36. The first kappa shape index (κ1) is 13.6. The van der Waals surface area contributed by atoms with Gasteiger partial charge in [-0.05, 0) is 11.6 Å². The van der Waals surface area contributed by atoms with Crippen molar-refractivity contribution in [3.05, 3.63) is 48.2 Å². The van der Waals surface area contributed by atoms with Gasteiger partial charge in [0.05, 0.1) is 26.1 Å². The monoisotopic (exact) mass is 262 g/mol. The molecular formula is C15H18O4. The van der Waals surface area contributed by atoms with Crippen molar-refractivity contribution in [3.63, 3.8) is 0 Å². The van der Waals surface area contributed by atoms with Crippen molar-refractivity contribution in [1.82, 2.24) is 0 Å². The van der Waals surface area contributed by atoms with E-state index >= 15 is 0 Å². The van der Waals surface area contributed by atoms with Gasteiger partial charge in [0.2, 0.25) is 0 Å². The van der Waals surface area contributed by atoms with Crippen molar-refractivity contribution >= 4 is 5.97 Å². The van der Waals surface area contributed by atoms with E-state index in [1.807, 2.05) is 43.3 Å². The van der Waals surface area contributed by atoms with E-state index in [0.717, 1.165) is 5.56 Å². The molecule has 1 aliphatic heterocycles. The molecule has 102 valence electrons. The van der Waals surface area contributed by atoms with Crippen molar-refractivity contribution in [3.8, 4) is 0 Å². The summed E-state index contributed by atoms with van der Waals surface area (Å²) >= 11 is 0. The number of carbonyl (C=O) groups is 1. The van der Waals surface area contributed by atoms with Crippen LogP contribution in [0.4, 0.5) is 0 Å².